The highest BCUT2D eigenvalue weighted by Crippen LogP contribution is 2.37. The second-order valence-corrected chi connectivity index (χ2v) is 12.0. The number of aromatic nitrogens is 2. The lowest BCUT2D eigenvalue weighted by Crippen LogP contribution is -2.33. The van der Waals surface area contributed by atoms with E-state index in [1.807, 2.05) is 57.5 Å². The van der Waals surface area contributed by atoms with Crippen molar-refractivity contribution in [3.63, 3.8) is 0 Å². The van der Waals surface area contributed by atoms with Gasteiger partial charge in [-0.3, -0.25) is 10.2 Å². The molecule has 34 heavy (non-hydrogen) atoms. The molecule has 8 nitrogen and oxygen atoms in total. The fourth-order valence-electron chi connectivity index (χ4n) is 3.98. The van der Waals surface area contributed by atoms with Gasteiger partial charge in [-0.15, -0.1) is 0 Å². The lowest BCUT2D eigenvalue weighted by Gasteiger charge is -2.33. The zero-order valence-corrected chi connectivity index (χ0v) is 21.0. The van der Waals surface area contributed by atoms with Crippen LogP contribution in [0.3, 0.4) is 0 Å². The van der Waals surface area contributed by atoms with E-state index < -0.39 is 30.8 Å². The summed E-state index contributed by atoms with van der Waals surface area (Å²) in [4.78, 5) is 13.3. The summed E-state index contributed by atoms with van der Waals surface area (Å²) in [7, 11) is -3.33. The number of benzene rings is 1. The Hall–Kier alpha value is -3.09. The normalized spacial score (nSPS) is 16.8. The SMILES string of the molecule is O=S1(=O)CCN(c2ncccc2CN(C2=CN(O)I=CC=C2)c2cccnc2)c2ccccc21. The first-order valence-electron chi connectivity index (χ1n) is 10.6. The minimum atomic E-state index is -3.33. The smallest absolute Gasteiger partial charge is 0.182 e. The molecule has 1 aromatic carbocycles. The number of nitrogens with zero attached hydrogens (tertiary/aromatic N) is 5. The van der Waals surface area contributed by atoms with Gasteiger partial charge in [0, 0.05) is 45.5 Å². The average Bonchev–Trinajstić information content (AvgIpc) is 3.08. The topological polar surface area (TPSA) is 89.9 Å². The van der Waals surface area contributed by atoms with Gasteiger partial charge in [-0.25, -0.2) is 16.7 Å². The standard InChI is InChI=1S/C24H22IN5O3S/c31-30-18-21(7-3-11-25-30)29(20-8-5-12-26-16-20)17-19-6-4-13-27-24(19)28-14-15-34(32,33)23-10-2-1-9-22(23)28/h1-13,16,18,31H,14-15,17H2. The van der Waals surface area contributed by atoms with Gasteiger partial charge in [0.15, 0.2) is 9.84 Å². The van der Waals surface area contributed by atoms with Crippen molar-refractivity contribution >= 4 is 52.0 Å². The van der Waals surface area contributed by atoms with E-state index in [4.69, 9.17) is 0 Å². The molecule has 3 aromatic rings. The van der Waals surface area contributed by atoms with E-state index in [0.717, 1.165) is 16.9 Å². The molecule has 5 rings (SSSR count). The molecule has 10 heteroatoms. The monoisotopic (exact) mass is 587 g/mol. The van der Waals surface area contributed by atoms with Crippen LogP contribution >= 0.6 is 21.0 Å². The van der Waals surface area contributed by atoms with Gasteiger partial charge in [0.25, 0.3) is 0 Å². The number of hydrogen-bond acceptors (Lipinski definition) is 8. The van der Waals surface area contributed by atoms with Crippen LogP contribution in [0.4, 0.5) is 17.2 Å². The summed E-state index contributed by atoms with van der Waals surface area (Å²) in [5.41, 5.74) is 3.22. The van der Waals surface area contributed by atoms with Gasteiger partial charge in [-0.2, -0.15) is 0 Å². The van der Waals surface area contributed by atoms with E-state index in [9.17, 15) is 13.6 Å². The van der Waals surface area contributed by atoms with Gasteiger partial charge < -0.3 is 9.80 Å². The number of fused-ring (bicyclic) bond motifs is 1. The molecule has 0 aliphatic carbocycles. The second-order valence-electron chi connectivity index (χ2n) is 7.65. The predicted octanol–water partition coefficient (Wildman–Crippen LogP) is 4.20. The molecule has 1 N–H and O–H groups in total. The molecule has 0 atom stereocenters. The predicted molar refractivity (Wildman–Crippen MR) is 141 cm³/mol. The third kappa shape index (κ3) is 4.61. The zero-order chi connectivity index (χ0) is 23.5. The molecule has 0 radical (unpaired) electrons. The fraction of sp³-hybridized carbons (Fsp3) is 0.125. The highest BCUT2D eigenvalue weighted by Gasteiger charge is 2.30. The quantitative estimate of drug-likeness (QED) is 0.351. The summed E-state index contributed by atoms with van der Waals surface area (Å²) in [6.07, 6.45) is 10.9. The summed E-state index contributed by atoms with van der Waals surface area (Å²) in [6.45, 7) is 0.769. The Kier molecular flexibility index (Phi) is 6.44. The van der Waals surface area contributed by atoms with Crippen molar-refractivity contribution in [1.29, 1.82) is 0 Å². The van der Waals surface area contributed by atoms with E-state index in [1.165, 1.54) is 3.28 Å². The van der Waals surface area contributed by atoms with Crippen molar-refractivity contribution in [1.82, 2.24) is 13.2 Å². The Morgan fingerprint density at radius 3 is 2.79 bits per heavy atom. The van der Waals surface area contributed by atoms with Crippen molar-refractivity contribution in [3.05, 3.63) is 96.7 Å². The van der Waals surface area contributed by atoms with Crippen LogP contribution in [-0.4, -0.2) is 43.2 Å². The molecule has 0 bridgehead atoms. The number of allylic oxidation sites excluding steroid dienone is 2. The van der Waals surface area contributed by atoms with Crippen LogP contribution in [0.25, 0.3) is 0 Å². The largest absolute Gasteiger partial charge is 0.334 e. The molecule has 0 spiro atoms. The van der Waals surface area contributed by atoms with Gasteiger partial charge in [-0.1, -0.05) is 24.3 Å². The van der Waals surface area contributed by atoms with Crippen LogP contribution in [0, 0.1) is 0 Å². The van der Waals surface area contributed by atoms with Crippen molar-refractivity contribution in [2.24, 2.45) is 0 Å². The molecule has 2 aromatic heterocycles. The summed E-state index contributed by atoms with van der Waals surface area (Å²) in [6, 6.07) is 14.8. The van der Waals surface area contributed by atoms with Crippen molar-refractivity contribution in [3.8, 4) is 0 Å². The Balaban J connectivity index is 1.58. The molecule has 2 aliphatic rings. The maximum Gasteiger partial charge on any atom is 0.182 e. The van der Waals surface area contributed by atoms with Crippen LogP contribution in [-0.2, 0) is 16.4 Å². The summed E-state index contributed by atoms with van der Waals surface area (Å²) >= 11 is -0.634. The van der Waals surface area contributed by atoms with Gasteiger partial charge in [0.1, 0.15) is 5.82 Å². The van der Waals surface area contributed by atoms with Crippen molar-refractivity contribution in [2.75, 3.05) is 22.1 Å². The maximum absolute atomic E-state index is 12.7. The number of anilines is 3. The molecule has 0 saturated heterocycles. The minimum Gasteiger partial charge on any atom is -0.334 e. The lowest BCUT2D eigenvalue weighted by molar-refractivity contribution is 0.0919. The van der Waals surface area contributed by atoms with E-state index in [2.05, 4.69) is 14.9 Å². The number of rotatable bonds is 5. The van der Waals surface area contributed by atoms with Crippen LogP contribution in [0.1, 0.15) is 5.56 Å². The molecule has 4 heterocycles. The second kappa shape index (κ2) is 9.65. The first-order valence-corrected chi connectivity index (χ1v) is 14.4. The van der Waals surface area contributed by atoms with Gasteiger partial charge >= 0.3 is 0 Å². The molecule has 174 valence electrons. The first kappa shape index (κ1) is 22.7. The molecule has 0 amide bonds. The zero-order valence-electron chi connectivity index (χ0n) is 18.1. The number of hydrogen-bond donors (Lipinski definition) is 1. The molecule has 0 saturated carbocycles. The minimum absolute atomic E-state index is 0.0270. The molecule has 0 unspecified atom stereocenters. The number of para-hydroxylation sites is 1. The summed E-state index contributed by atoms with van der Waals surface area (Å²) in [5.74, 6) is 0.732. The molecular weight excluding hydrogens is 565 g/mol. The Morgan fingerprint density at radius 1 is 1.09 bits per heavy atom. The molecular formula is C24H22IN5O3S. The van der Waals surface area contributed by atoms with E-state index in [0.29, 0.717) is 29.5 Å². The van der Waals surface area contributed by atoms with E-state index in [-0.39, 0.29) is 5.75 Å². The number of pyridine rings is 2. The van der Waals surface area contributed by atoms with Crippen LogP contribution < -0.4 is 9.80 Å². The molecule has 0 fully saturated rings. The van der Waals surface area contributed by atoms with Crippen molar-refractivity contribution < 1.29 is 13.6 Å². The van der Waals surface area contributed by atoms with Crippen LogP contribution in [0.2, 0.25) is 0 Å². The fourth-order valence-corrected chi connectivity index (χ4v) is 6.58. The average molecular weight is 587 g/mol. The van der Waals surface area contributed by atoms with Crippen LogP contribution in [0.15, 0.2) is 96.1 Å². The first-order chi connectivity index (χ1) is 16.5. The van der Waals surface area contributed by atoms with Gasteiger partial charge in [0.05, 0.1) is 46.7 Å². The Bertz CT molecular complexity index is 1390. The summed E-state index contributed by atoms with van der Waals surface area (Å²) < 4.78 is 28.5. The van der Waals surface area contributed by atoms with Crippen molar-refractivity contribution in [2.45, 2.75) is 11.4 Å². The highest BCUT2D eigenvalue weighted by molar-refractivity contribution is 14.2. The molecule has 2 aliphatic heterocycles. The Morgan fingerprint density at radius 2 is 1.94 bits per heavy atom. The number of hydroxylamine groups is 1. The van der Waals surface area contributed by atoms with E-state index >= 15 is 0 Å². The van der Waals surface area contributed by atoms with Crippen LogP contribution in [0.5, 0.6) is 0 Å². The number of sulfone groups is 1. The third-order valence-electron chi connectivity index (χ3n) is 5.53. The lowest BCUT2D eigenvalue weighted by atomic mass is 10.1. The Labute approximate surface area is 208 Å². The third-order valence-corrected chi connectivity index (χ3v) is 8.85. The van der Waals surface area contributed by atoms with Gasteiger partial charge in [0.2, 0.25) is 0 Å². The summed E-state index contributed by atoms with van der Waals surface area (Å²) in [5, 5.41) is 10.3. The van der Waals surface area contributed by atoms with Gasteiger partial charge in [-0.05, 0) is 40.4 Å². The van der Waals surface area contributed by atoms with E-state index in [1.54, 1.807) is 36.9 Å². The highest BCUT2D eigenvalue weighted by atomic mass is 127. The number of halogens is 1. The maximum atomic E-state index is 12.7.